The van der Waals surface area contributed by atoms with Gasteiger partial charge in [0.05, 0.1) is 6.04 Å². The van der Waals surface area contributed by atoms with Crippen molar-refractivity contribution in [3.05, 3.63) is 11.6 Å². The van der Waals surface area contributed by atoms with E-state index in [4.69, 9.17) is 5.73 Å². The molecule has 1 aliphatic carbocycles. The largest absolute Gasteiger partial charge is 0.366 e. The molecule has 0 radical (unpaired) electrons. The third-order valence-electron chi connectivity index (χ3n) is 3.85. The lowest BCUT2D eigenvalue weighted by Gasteiger charge is -2.34. The van der Waals surface area contributed by atoms with Gasteiger partial charge in [-0.15, -0.1) is 0 Å². The molecule has 0 saturated heterocycles. The van der Waals surface area contributed by atoms with Crippen LogP contribution in [0.5, 0.6) is 0 Å². The molecule has 4 heteroatoms. The Balaban J connectivity index is 1.89. The van der Waals surface area contributed by atoms with Gasteiger partial charge in [-0.1, -0.05) is 6.08 Å². The summed E-state index contributed by atoms with van der Waals surface area (Å²) in [7, 11) is 0. The van der Waals surface area contributed by atoms with Gasteiger partial charge < -0.3 is 5.73 Å². The van der Waals surface area contributed by atoms with Crippen molar-refractivity contribution >= 4 is 17.8 Å². The fourth-order valence-electron chi connectivity index (χ4n) is 2.95. The van der Waals surface area contributed by atoms with Crippen LogP contribution < -0.4 is 5.73 Å². The Morgan fingerprint density at radius 1 is 1.50 bits per heavy atom. The van der Waals surface area contributed by atoms with Gasteiger partial charge in [-0.25, -0.2) is 0 Å². The van der Waals surface area contributed by atoms with E-state index in [9.17, 15) is 4.79 Å². The summed E-state index contributed by atoms with van der Waals surface area (Å²) in [6, 6.07) is 0.343. The molecular weight excluding hydrogens is 202 g/mol. The van der Waals surface area contributed by atoms with E-state index in [-0.39, 0.29) is 5.91 Å². The normalized spacial score (nSPS) is 36.1. The zero-order chi connectivity index (χ0) is 11.1. The first kappa shape index (κ1) is 9.75. The van der Waals surface area contributed by atoms with E-state index in [1.54, 1.807) is 0 Å². The molecule has 84 valence electrons. The summed E-state index contributed by atoms with van der Waals surface area (Å²) in [6.45, 7) is 0.899. The van der Waals surface area contributed by atoms with Crippen LogP contribution in [0.1, 0.15) is 19.3 Å². The minimum Gasteiger partial charge on any atom is -0.366 e. The van der Waals surface area contributed by atoms with Crippen molar-refractivity contribution in [1.29, 1.82) is 0 Å². The number of hydrogen-bond acceptors (Lipinski definition) is 3. The monoisotopic (exact) mass is 217 g/mol. The number of hydrogen-bond donors (Lipinski definition) is 1. The Morgan fingerprint density at radius 3 is 3.19 bits per heavy atom. The van der Waals surface area contributed by atoms with Crippen LogP contribution >= 0.6 is 0 Å². The van der Waals surface area contributed by atoms with Crippen LogP contribution in [-0.2, 0) is 4.79 Å². The summed E-state index contributed by atoms with van der Waals surface area (Å²) >= 11 is 0. The molecule has 2 aliphatic heterocycles. The molecule has 1 amide bonds. The van der Waals surface area contributed by atoms with Gasteiger partial charge in [0.1, 0.15) is 0 Å². The minimum atomic E-state index is -0.289. The van der Waals surface area contributed by atoms with Crippen LogP contribution in [0.15, 0.2) is 21.6 Å². The van der Waals surface area contributed by atoms with Gasteiger partial charge in [0, 0.05) is 36.1 Å². The van der Waals surface area contributed by atoms with Gasteiger partial charge >= 0.3 is 0 Å². The molecule has 16 heavy (non-hydrogen) atoms. The topological polar surface area (TPSA) is 67.8 Å². The van der Waals surface area contributed by atoms with Gasteiger partial charge in [-0.05, 0) is 19.1 Å². The van der Waals surface area contributed by atoms with Crippen LogP contribution in [0.2, 0.25) is 0 Å². The first-order chi connectivity index (χ1) is 7.75. The molecule has 0 fully saturated rings. The number of carbonyl (C=O) groups is 1. The Labute approximate surface area is 94.3 Å². The minimum absolute atomic E-state index is 0.289. The predicted molar refractivity (Wildman–Crippen MR) is 62.7 cm³/mol. The van der Waals surface area contributed by atoms with E-state index in [1.165, 1.54) is 5.71 Å². The molecule has 3 unspecified atom stereocenters. The Kier molecular flexibility index (Phi) is 2.16. The molecule has 2 heterocycles. The molecule has 4 nitrogen and oxygen atoms in total. The van der Waals surface area contributed by atoms with Crippen LogP contribution in [0, 0.1) is 11.8 Å². The van der Waals surface area contributed by atoms with Crippen LogP contribution in [0.3, 0.4) is 0 Å². The molecule has 3 aliphatic rings. The zero-order valence-electron chi connectivity index (χ0n) is 9.10. The molecular formula is C12H15N3O. The number of fused-ring (bicyclic) bond motifs is 3. The number of rotatable bonds is 1. The van der Waals surface area contributed by atoms with E-state index >= 15 is 0 Å². The van der Waals surface area contributed by atoms with Crippen molar-refractivity contribution < 1.29 is 4.79 Å². The molecule has 0 aromatic rings. The average molecular weight is 217 g/mol. The summed E-state index contributed by atoms with van der Waals surface area (Å²) in [5.41, 5.74) is 7.31. The van der Waals surface area contributed by atoms with E-state index < -0.39 is 0 Å². The predicted octanol–water partition coefficient (Wildman–Crippen LogP) is 0.722. The Morgan fingerprint density at radius 2 is 2.38 bits per heavy atom. The zero-order valence-corrected chi connectivity index (χ0v) is 9.10. The maximum Gasteiger partial charge on any atom is 0.244 e. The SMILES string of the molecule is NC(=O)C1=CCC2=NCC3CC=NC3C2C1. The summed E-state index contributed by atoms with van der Waals surface area (Å²) in [5.74, 6) is 0.592. The second-order valence-corrected chi connectivity index (χ2v) is 4.76. The highest BCUT2D eigenvalue weighted by molar-refractivity contribution is 5.98. The summed E-state index contributed by atoms with van der Waals surface area (Å²) in [4.78, 5) is 20.4. The molecule has 0 saturated carbocycles. The fourth-order valence-corrected chi connectivity index (χ4v) is 2.95. The number of nitrogens with two attached hydrogens (primary N) is 1. The van der Waals surface area contributed by atoms with Crippen molar-refractivity contribution in [2.24, 2.45) is 27.6 Å². The molecule has 3 atom stereocenters. The van der Waals surface area contributed by atoms with E-state index in [0.29, 0.717) is 17.9 Å². The van der Waals surface area contributed by atoms with Crippen molar-refractivity contribution in [3.8, 4) is 0 Å². The van der Waals surface area contributed by atoms with Gasteiger partial charge in [0.15, 0.2) is 0 Å². The molecule has 0 spiro atoms. The number of carbonyl (C=O) groups excluding carboxylic acids is 1. The lowest BCUT2D eigenvalue weighted by molar-refractivity contribution is -0.114. The first-order valence-electron chi connectivity index (χ1n) is 5.79. The van der Waals surface area contributed by atoms with Gasteiger partial charge in [-0.3, -0.25) is 14.8 Å². The molecule has 0 aromatic heterocycles. The highest BCUT2D eigenvalue weighted by Crippen LogP contribution is 2.36. The molecule has 0 bridgehead atoms. The number of aliphatic imine (C=N–C) groups is 2. The molecule has 0 aromatic carbocycles. The summed E-state index contributed by atoms with van der Waals surface area (Å²) < 4.78 is 0. The number of allylic oxidation sites excluding steroid dienone is 1. The number of nitrogens with zero attached hydrogens (tertiary/aromatic N) is 2. The first-order valence-corrected chi connectivity index (χ1v) is 5.79. The van der Waals surface area contributed by atoms with E-state index in [0.717, 1.165) is 31.4 Å². The van der Waals surface area contributed by atoms with Crippen molar-refractivity contribution in [2.75, 3.05) is 6.54 Å². The van der Waals surface area contributed by atoms with E-state index in [2.05, 4.69) is 9.98 Å². The Bertz CT molecular complexity index is 422. The number of amides is 1. The second kappa shape index (κ2) is 3.54. The third-order valence-corrected chi connectivity index (χ3v) is 3.85. The molecule has 2 N–H and O–H groups in total. The van der Waals surface area contributed by atoms with Gasteiger partial charge in [0.25, 0.3) is 0 Å². The quantitative estimate of drug-likeness (QED) is 0.691. The smallest absolute Gasteiger partial charge is 0.244 e. The van der Waals surface area contributed by atoms with Crippen LogP contribution in [0.25, 0.3) is 0 Å². The summed E-state index contributed by atoms with van der Waals surface area (Å²) in [6.07, 6.45) is 6.48. The standard InChI is InChI=1S/C12H15N3O/c13-12(16)7-1-2-10-9(5-7)11-8(6-15-10)3-4-14-11/h1,4,8-9,11H,2-3,5-6H2,(H2,13,16). The summed E-state index contributed by atoms with van der Waals surface area (Å²) in [5, 5.41) is 0. The lowest BCUT2D eigenvalue weighted by atomic mass is 9.75. The van der Waals surface area contributed by atoms with Crippen molar-refractivity contribution in [1.82, 2.24) is 0 Å². The molecule has 3 rings (SSSR count). The highest BCUT2D eigenvalue weighted by atomic mass is 16.1. The van der Waals surface area contributed by atoms with E-state index in [1.807, 2.05) is 12.3 Å². The average Bonchev–Trinajstić information content (AvgIpc) is 2.76. The maximum absolute atomic E-state index is 11.2. The lowest BCUT2D eigenvalue weighted by Crippen LogP contribution is -2.39. The van der Waals surface area contributed by atoms with Crippen LogP contribution in [0.4, 0.5) is 0 Å². The Hall–Kier alpha value is -1.45. The van der Waals surface area contributed by atoms with Gasteiger partial charge in [0.2, 0.25) is 5.91 Å². The maximum atomic E-state index is 11.2. The number of primary amides is 1. The van der Waals surface area contributed by atoms with Crippen molar-refractivity contribution in [2.45, 2.75) is 25.3 Å². The van der Waals surface area contributed by atoms with Crippen molar-refractivity contribution in [3.63, 3.8) is 0 Å². The van der Waals surface area contributed by atoms with Crippen LogP contribution in [-0.4, -0.2) is 30.4 Å². The third kappa shape index (κ3) is 1.40. The second-order valence-electron chi connectivity index (χ2n) is 4.76. The highest BCUT2D eigenvalue weighted by Gasteiger charge is 2.39. The van der Waals surface area contributed by atoms with Gasteiger partial charge in [-0.2, -0.15) is 0 Å². The fraction of sp³-hybridized carbons (Fsp3) is 0.583.